The molecule has 0 fully saturated rings. The topological polar surface area (TPSA) is 55.8 Å². The number of rotatable bonds is 10. The molecule has 0 saturated carbocycles. The summed E-state index contributed by atoms with van der Waals surface area (Å²) in [6.07, 6.45) is 1.82. The lowest BCUT2D eigenvalue weighted by molar-refractivity contribution is -0.120. The minimum Gasteiger partial charge on any atom is -0.391 e. The van der Waals surface area contributed by atoms with E-state index in [1.165, 1.54) is 0 Å². The number of carbonyl (C=O) groups excluding carboxylic acids is 1. The van der Waals surface area contributed by atoms with E-state index < -0.39 is 6.10 Å². The molecule has 0 bridgehead atoms. The highest BCUT2D eigenvalue weighted by Crippen LogP contribution is 2.04. The van der Waals surface area contributed by atoms with Crippen molar-refractivity contribution in [2.75, 3.05) is 20.3 Å². The van der Waals surface area contributed by atoms with E-state index >= 15 is 0 Å². The first-order valence-corrected chi connectivity index (χ1v) is 5.90. The number of aliphatic hydroxyl groups is 1. The number of ether oxygens (including phenoxy) is 2. The molecular formula is C12H24O4. The molecule has 0 heterocycles. The average Bonchev–Trinajstić information content (AvgIpc) is 2.24. The highest BCUT2D eigenvalue weighted by molar-refractivity contribution is 5.78. The van der Waals surface area contributed by atoms with Crippen molar-refractivity contribution in [2.45, 2.75) is 51.7 Å². The fourth-order valence-electron chi connectivity index (χ4n) is 1.37. The summed E-state index contributed by atoms with van der Waals surface area (Å²) in [5, 5.41) is 9.57. The number of methoxy groups -OCH3 is 1. The van der Waals surface area contributed by atoms with Crippen LogP contribution in [-0.4, -0.2) is 43.4 Å². The molecule has 0 aromatic heterocycles. The van der Waals surface area contributed by atoms with E-state index in [0.29, 0.717) is 25.9 Å². The maximum atomic E-state index is 11.2. The molecule has 0 aliphatic rings. The molecule has 0 aliphatic carbocycles. The predicted octanol–water partition coefficient (Wildman–Crippen LogP) is 1.55. The number of aliphatic hydroxyl groups excluding tert-OH is 1. The number of Topliss-reactive ketones (excluding diaryl/α,β-unsaturated/α-hetero) is 1. The monoisotopic (exact) mass is 232 g/mol. The highest BCUT2D eigenvalue weighted by atomic mass is 16.5. The van der Waals surface area contributed by atoms with Crippen molar-refractivity contribution < 1.29 is 19.4 Å². The smallest absolute Gasteiger partial charge is 0.133 e. The summed E-state index contributed by atoms with van der Waals surface area (Å²) >= 11 is 0. The number of hydrogen-bond donors (Lipinski definition) is 1. The van der Waals surface area contributed by atoms with Crippen LogP contribution in [0.1, 0.15) is 39.5 Å². The van der Waals surface area contributed by atoms with Gasteiger partial charge in [-0.1, -0.05) is 6.92 Å². The first-order valence-electron chi connectivity index (χ1n) is 5.90. The Morgan fingerprint density at radius 3 is 2.56 bits per heavy atom. The average molecular weight is 232 g/mol. The molecule has 4 nitrogen and oxygen atoms in total. The van der Waals surface area contributed by atoms with Gasteiger partial charge in [-0.05, 0) is 19.8 Å². The summed E-state index contributed by atoms with van der Waals surface area (Å²) in [6, 6.07) is 0. The van der Waals surface area contributed by atoms with Crippen molar-refractivity contribution in [3.05, 3.63) is 0 Å². The third-order valence-corrected chi connectivity index (χ3v) is 2.26. The summed E-state index contributed by atoms with van der Waals surface area (Å²) in [7, 11) is 1.61. The summed E-state index contributed by atoms with van der Waals surface area (Å²) in [6.45, 7) is 4.65. The van der Waals surface area contributed by atoms with Gasteiger partial charge in [-0.15, -0.1) is 0 Å². The fraction of sp³-hybridized carbons (Fsp3) is 0.917. The van der Waals surface area contributed by atoms with E-state index in [0.717, 1.165) is 6.42 Å². The largest absolute Gasteiger partial charge is 0.391 e. The molecule has 0 aromatic rings. The second kappa shape index (κ2) is 9.75. The molecule has 2 unspecified atom stereocenters. The van der Waals surface area contributed by atoms with Gasteiger partial charge >= 0.3 is 0 Å². The number of ketones is 1. The number of hydrogen-bond acceptors (Lipinski definition) is 4. The van der Waals surface area contributed by atoms with E-state index in [1.54, 1.807) is 7.11 Å². The van der Waals surface area contributed by atoms with E-state index in [-0.39, 0.29) is 18.5 Å². The van der Waals surface area contributed by atoms with Crippen LogP contribution in [0.3, 0.4) is 0 Å². The maximum absolute atomic E-state index is 11.2. The van der Waals surface area contributed by atoms with E-state index in [4.69, 9.17) is 9.47 Å². The molecule has 0 spiro atoms. The standard InChI is InChI=1S/C12H24O4/c1-4-5-11(13)6-7-12(14)9-16-10(2)8-15-3/h10,12,14H,4-9H2,1-3H3. The minimum atomic E-state index is -0.555. The Kier molecular flexibility index (Phi) is 9.48. The third kappa shape index (κ3) is 8.83. The molecule has 0 aromatic carbocycles. The molecule has 0 aliphatic heterocycles. The summed E-state index contributed by atoms with van der Waals surface area (Å²) < 4.78 is 10.3. The van der Waals surface area contributed by atoms with Gasteiger partial charge in [-0.3, -0.25) is 4.79 Å². The molecule has 0 radical (unpaired) electrons. The van der Waals surface area contributed by atoms with Gasteiger partial charge in [-0.25, -0.2) is 0 Å². The Morgan fingerprint density at radius 1 is 1.31 bits per heavy atom. The van der Waals surface area contributed by atoms with Crippen LogP contribution in [0.25, 0.3) is 0 Å². The Bertz CT molecular complexity index is 182. The normalized spacial score (nSPS) is 14.8. The Balaban J connectivity index is 3.50. The summed E-state index contributed by atoms with van der Waals surface area (Å²) in [4.78, 5) is 11.2. The van der Waals surface area contributed by atoms with Crippen LogP contribution in [0.4, 0.5) is 0 Å². The molecule has 1 N–H and O–H groups in total. The van der Waals surface area contributed by atoms with Gasteiger partial charge in [0, 0.05) is 20.0 Å². The second-order valence-corrected chi connectivity index (χ2v) is 4.08. The van der Waals surface area contributed by atoms with Crippen LogP contribution in [0.15, 0.2) is 0 Å². The summed E-state index contributed by atoms with van der Waals surface area (Å²) in [5.74, 6) is 0.214. The zero-order valence-electron chi connectivity index (χ0n) is 10.6. The molecule has 4 heteroatoms. The molecule has 2 atom stereocenters. The van der Waals surface area contributed by atoms with Gasteiger partial charge < -0.3 is 14.6 Å². The second-order valence-electron chi connectivity index (χ2n) is 4.08. The predicted molar refractivity (Wildman–Crippen MR) is 62.4 cm³/mol. The first-order chi connectivity index (χ1) is 7.60. The molecule has 0 rings (SSSR count). The maximum Gasteiger partial charge on any atom is 0.133 e. The van der Waals surface area contributed by atoms with E-state index in [9.17, 15) is 9.90 Å². The van der Waals surface area contributed by atoms with Crippen LogP contribution < -0.4 is 0 Å². The fourth-order valence-corrected chi connectivity index (χ4v) is 1.37. The van der Waals surface area contributed by atoms with Gasteiger partial charge in [0.05, 0.1) is 25.4 Å². The van der Waals surface area contributed by atoms with Crippen molar-refractivity contribution in [3.63, 3.8) is 0 Å². The lowest BCUT2D eigenvalue weighted by Gasteiger charge is -2.15. The zero-order chi connectivity index (χ0) is 12.4. The molecular weight excluding hydrogens is 208 g/mol. The van der Waals surface area contributed by atoms with Crippen molar-refractivity contribution in [1.29, 1.82) is 0 Å². The van der Waals surface area contributed by atoms with Crippen LogP contribution in [-0.2, 0) is 14.3 Å². The highest BCUT2D eigenvalue weighted by Gasteiger charge is 2.10. The summed E-state index contributed by atoms with van der Waals surface area (Å²) in [5.41, 5.74) is 0. The SMILES string of the molecule is CCCC(=O)CCC(O)COC(C)COC. The molecule has 96 valence electrons. The van der Waals surface area contributed by atoms with Crippen LogP contribution in [0.5, 0.6) is 0 Å². The Labute approximate surface area is 97.9 Å². The molecule has 16 heavy (non-hydrogen) atoms. The molecule has 0 amide bonds. The van der Waals surface area contributed by atoms with Gasteiger partial charge in [0.15, 0.2) is 0 Å². The van der Waals surface area contributed by atoms with E-state index in [1.807, 2.05) is 13.8 Å². The van der Waals surface area contributed by atoms with E-state index in [2.05, 4.69) is 0 Å². The third-order valence-electron chi connectivity index (χ3n) is 2.26. The van der Waals surface area contributed by atoms with Crippen molar-refractivity contribution in [1.82, 2.24) is 0 Å². The Morgan fingerprint density at radius 2 is 2.00 bits per heavy atom. The van der Waals surface area contributed by atoms with Crippen molar-refractivity contribution >= 4 is 5.78 Å². The lowest BCUT2D eigenvalue weighted by Crippen LogP contribution is -2.23. The van der Waals surface area contributed by atoms with Gasteiger partial charge in [-0.2, -0.15) is 0 Å². The zero-order valence-corrected chi connectivity index (χ0v) is 10.6. The first kappa shape index (κ1) is 15.6. The number of carbonyl (C=O) groups is 1. The van der Waals surface area contributed by atoms with Gasteiger partial charge in [0.2, 0.25) is 0 Å². The molecule has 0 saturated heterocycles. The van der Waals surface area contributed by atoms with Crippen LogP contribution in [0, 0.1) is 0 Å². The van der Waals surface area contributed by atoms with Crippen molar-refractivity contribution in [3.8, 4) is 0 Å². The minimum absolute atomic E-state index is 0.0222. The van der Waals surface area contributed by atoms with Crippen LogP contribution >= 0.6 is 0 Å². The Hall–Kier alpha value is -0.450. The van der Waals surface area contributed by atoms with Gasteiger partial charge in [0.1, 0.15) is 5.78 Å². The quantitative estimate of drug-likeness (QED) is 0.621. The van der Waals surface area contributed by atoms with Gasteiger partial charge in [0.25, 0.3) is 0 Å². The lowest BCUT2D eigenvalue weighted by atomic mass is 10.1. The van der Waals surface area contributed by atoms with Crippen molar-refractivity contribution in [2.24, 2.45) is 0 Å². The van der Waals surface area contributed by atoms with Crippen LogP contribution in [0.2, 0.25) is 0 Å².